The Hall–Kier alpha value is -1.66. The Morgan fingerprint density at radius 3 is 2.63 bits per heavy atom. The molecular formula is C13H20N2O4. The molecule has 1 aromatic rings. The van der Waals surface area contributed by atoms with Crippen LogP contribution in [0.25, 0.3) is 0 Å². The molecular weight excluding hydrogens is 248 g/mol. The third-order valence-electron chi connectivity index (χ3n) is 2.96. The summed E-state index contributed by atoms with van der Waals surface area (Å²) in [5, 5.41) is 10.6. The summed E-state index contributed by atoms with van der Waals surface area (Å²) >= 11 is 0. The molecule has 0 atom stereocenters. The van der Waals surface area contributed by atoms with Gasteiger partial charge in [0.1, 0.15) is 5.69 Å². The number of benzene rings is 1. The predicted molar refractivity (Wildman–Crippen MR) is 72.9 cm³/mol. The molecule has 0 fully saturated rings. The van der Waals surface area contributed by atoms with Crippen molar-refractivity contribution in [2.45, 2.75) is 32.5 Å². The lowest BCUT2D eigenvalue weighted by Gasteiger charge is -2.22. The second-order valence-corrected chi connectivity index (χ2v) is 4.92. The minimum Gasteiger partial charge on any atom is -0.393 e. The molecule has 0 amide bonds. The number of ether oxygens (including phenoxy) is 2. The first-order valence-corrected chi connectivity index (χ1v) is 6.01. The highest BCUT2D eigenvalue weighted by Gasteiger charge is 2.16. The number of hydrogen-bond acceptors (Lipinski definition) is 5. The summed E-state index contributed by atoms with van der Waals surface area (Å²) in [5.74, 6) is 0. The minimum absolute atomic E-state index is 0.0794. The van der Waals surface area contributed by atoms with E-state index in [1.54, 1.807) is 19.2 Å². The summed E-state index contributed by atoms with van der Waals surface area (Å²) in [5.41, 5.74) is 6.28. The zero-order chi connectivity index (χ0) is 14.5. The Morgan fingerprint density at radius 1 is 1.42 bits per heavy atom. The van der Waals surface area contributed by atoms with Gasteiger partial charge in [-0.25, -0.2) is 0 Å². The number of nitro groups is 1. The van der Waals surface area contributed by atoms with Gasteiger partial charge in [0.25, 0.3) is 5.69 Å². The number of rotatable bonds is 7. The van der Waals surface area contributed by atoms with Crippen LogP contribution in [0.1, 0.15) is 25.8 Å². The summed E-state index contributed by atoms with van der Waals surface area (Å²) in [6.07, 6.45) is 0.770. The summed E-state index contributed by atoms with van der Waals surface area (Å²) in [6.45, 7) is 4.90. The fourth-order valence-electron chi connectivity index (χ4n) is 1.47. The Kier molecular flexibility index (Phi) is 5.26. The third-order valence-corrected chi connectivity index (χ3v) is 2.96. The van der Waals surface area contributed by atoms with Gasteiger partial charge in [-0.05, 0) is 38.0 Å². The molecule has 0 saturated heterocycles. The first kappa shape index (κ1) is 15.4. The Balaban J connectivity index is 2.47. The molecule has 1 aromatic carbocycles. The van der Waals surface area contributed by atoms with Gasteiger partial charge in [-0.3, -0.25) is 10.1 Å². The number of nitro benzene ring substituents is 1. The summed E-state index contributed by atoms with van der Waals surface area (Å²) in [4.78, 5) is 10.1. The van der Waals surface area contributed by atoms with Crippen molar-refractivity contribution in [2.24, 2.45) is 0 Å². The van der Waals surface area contributed by atoms with Crippen LogP contribution in [0, 0.1) is 10.1 Å². The number of nitrogens with two attached hydrogens (primary N) is 1. The van der Waals surface area contributed by atoms with Crippen LogP contribution in [0.5, 0.6) is 0 Å². The molecule has 0 saturated carbocycles. The van der Waals surface area contributed by atoms with Crippen molar-refractivity contribution < 1.29 is 14.4 Å². The molecule has 19 heavy (non-hydrogen) atoms. The van der Waals surface area contributed by atoms with Crippen molar-refractivity contribution in [3.8, 4) is 0 Å². The van der Waals surface area contributed by atoms with Crippen molar-refractivity contribution in [3.63, 3.8) is 0 Å². The number of nitrogens with zero attached hydrogens (tertiary/aromatic N) is 1. The van der Waals surface area contributed by atoms with Crippen LogP contribution < -0.4 is 5.73 Å². The van der Waals surface area contributed by atoms with Crippen LogP contribution in [0.4, 0.5) is 11.4 Å². The second-order valence-electron chi connectivity index (χ2n) is 4.92. The minimum atomic E-state index is -0.499. The second kappa shape index (κ2) is 6.49. The van der Waals surface area contributed by atoms with E-state index < -0.39 is 4.92 Å². The summed E-state index contributed by atoms with van der Waals surface area (Å²) < 4.78 is 10.8. The van der Waals surface area contributed by atoms with E-state index in [9.17, 15) is 10.1 Å². The number of methoxy groups -OCH3 is 1. The van der Waals surface area contributed by atoms with Crippen LogP contribution in [0.15, 0.2) is 18.2 Å². The molecule has 0 radical (unpaired) electrons. The van der Waals surface area contributed by atoms with Crippen LogP contribution >= 0.6 is 0 Å². The van der Waals surface area contributed by atoms with Gasteiger partial charge in [0.05, 0.1) is 17.1 Å². The molecule has 0 unspecified atom stereocenters. The number of hydrogen-bond donors (Lipinski definition) is 1. The maximum Gasteiger partial charge on any atom is 0.292 e. The smallest absolute Gasteiger partial charge is 0.292 e. The molecule has 6 heteroatoms. The highest BCUT2D eigenvalue weighted by Crippen LogP contribution is 2.22. The highest BCUT2D eigenvalue weighted by molar-refractivity contribution is 5.59. The van der Waals surface area contributed by atoms with E-state index in [1.165, 1.54) is 6.07 Å². The van der Waals surface area contributed by atoms with Gasteiger partial charge in [0, 0.05) is 19.8 Å². The lowest BCUT2D eigenvalue weighted by atomic mass is 10.1. The van der Waals surface area contributed by atoms with E-state index >= 15 is 0 Å². The van der Waals surface area contributed by atoms with Crippen molar-refractivity contribution in [1.82, 2.24) is 0 Å². The molecule has 0 aromatic heterocycles. The third kappa shape index (κ3) is 4.84. The number of nitrogen functional groups attached to an aromatic ring is 1. The van der Waals surface area contributed by atoms with Crippen molar-refractivity contribution in [2.75, 3.05) is 19.5 Å². The van der Waals surface area contributed by atoms with E-state index in [2.05, 4.69) is 0 Å². The molecule has 1 rings (SSSR count). The zero-order valence-electron chi connectivity index (χ0n) is 11.5. The van der Waals surface area contributed by atoms with Crippen molar-refractivity contribution in [3.05, 3.63) is 33.9 Å². The maximum atomic E-state index is 10.6. The topological polar surface area (TPSA) is 87.6 Å². The van der Waals surface area contributed by atoms with Gasteiger partial charge in [-0.2, -0.15) is 0 Å². The van der Waals surface area contributed by atoms with Gasteiger partial charge < -0.3 is 15.2 Å². The molecule has 2 N–H and O–H groups in total. The van der Waals surface area contributed by atoms with Crippen molar-refractivity contribution >= 4 is 11.4 Å². The number of anilines is 1. The zero-order valence-corrected chi connectivity index (χ0v) is 11.5. The SMILES string of the molecule is COC(C)(C)CCOCc1ccc([N+](=O)[O-])c(N)c1. The van der Waals surface area contributed by atoms with Crippen LogP contribution in [-0.2, 0) is 16.1 Å². The van der Waals surface area contributed by atoms with Crippen molar-refractivity contribution in [1.29, 1.82) is 0 Å². The molecule has 0 heterocycles. The van der Waals surface area contributed by atoms with E-state index in [0.717, 1.165) is 12.0 Å². The average molecular weight is 268 g/mol. The first-order valence-electron chi connectivity index (χ1n) is 6.01. The largest absolute Gasteiger partial charge is 0.393 e. The lowest BCUT2D eigenvalue weighted by molar-refractivity contribution is -0.383. The highest BCUT2D eigenvalue weighted by atomic mass is 16.6. The molecule has 0 aliphatic carbocycles. The van der Waals surface area contributed by atoms with Gasteiger partial charge in [0.15, 0.2) is 0 Å². The van der Waals surface area contributed by atoms with E-state index in [0.29, 0.717) is 13.2 Å². The molecule has 0 spiro atoms. The molecule has 0 bridgehead atoms. The quantitative estimate of drug-likeness (QED) is 0.355. The van der Waals surface area contributed by atoms with E-state index in [1.807, 2.05) is 13.8 Å². The molecule has 106 valence electrons. The fourth-order valence-corrected chi connectivity index (χ4v) is 1.47. The molecule has 6 nitrogen and oxygen atoms in total. The van der Waals surface area contributed by atoms with Crippen LogP contribution in [0.3, 0.4) is 0 Å². The van der Waals surface area contributed by atoms with E-state index in [4.69, 9.17) is 15.2 Å². The average Bonchev–Trinajstić information content (AvgIpc) is 2.34. The normalized spacial score (nSPS) is 11.5. The first-order chi connectivity index (χ1) is 8.85. The standard InChI is InChI=1S/C13H20N2O4/c1-13(2,18-3)6-7-19-9-10-4-5-12(15(16)17)11(14)8-10/h4-5,8H,6-7,9,14H2,1-3H3. The fraction of sp³-hybridized carbons (Fsp3) is 0.538. The van der Waals surface area contributed by atoms with E-state index in [-0.39, 0.29) is 17.0 Å². The monoisotopic (exact) mass is 268 g/mol. The Bertz CT molecular complexity index is 446. The van der Waals surface area contributed by atoms with Gasteiger partial charge in [0.2, 0.25) is 0 Å². The Labute approximate surface area is 112 Å². The molecule has 0 aliphatic rings. The predicted octanol–water partition coefficient (Wildman–Crippen LogP) is 2.51. The lowest BCUT2D eigenvalue weighted by Crippen LogP contribution is -2.24. The van der Waals surface area contributed by atoms with Gasteiger partial charge >= 0.3 is 0 Å². The van der Waals surface area contributed by atoms with Crippen LogP contribution in [-0.4, -0.2) is 24.2 Å². The van der Waals surface area contributed by atoms with Crippen LogP contribution in [0.2, 0.25) is 0 Å². The summed E-state index contributed by atoms with van der Waals surface area (Å²) in [7, 11) is 1.66. The van der Waals surface area contributed by atoms with Gasteiger partial charge in [-0.1, -0.05) is 0 Å². The maximum absolute atomic E-state index is 10.6. The molecule has 0 aliphatic heterocycles. The Morgan fingerprint density at radius 2 is 2.11 bits per heavy atom. The summed E-state index contributed by atoms with van der Waals surface area (Å²) in [6, 6.07) is 4.61. The van der Waals surface area contributed by atoms with Gasteiger partial charge in [-0.15, -0.1) is 0 Å².